The molecule has 1 unspecified atom stereocenters. The van der Waals surface area contributed by atoms with E-state index in [-0.39, 0.29) is 6.04 Å². The Bertz CT molecular complexity index is 495. The lowest BCUT2D eigenvalue weighted by Crippen LogP contribution is -2.25. The summed E-state index contributed by atoms with van der Waals surface area (Å²) in [7, 11) is 1.61. The van der Waals surface area contributed by atoms with E-state index in [1.165, 1.54) is 0 Å². The largest absolute Gasteiger partial charge is 0.481 e. The van der Waals surface area contributed by atoms with Crippen LogP contribution in [0, 0.1) is 6.92 Å². The maximum absolute atomic E-state index is 6.12. The van der Waals surface area contributed by atoms with E-state index in [0.717, 1.165) is 29.1 Å². The van der Waals surface area contributed by atoms with Gasteiger partial charge in [0.05, 0.1) is 17.8 Å². The summed E-state index contributed by atoms with van der Waals surface area (Å²) in [6, 6.07) is 3.93. The summed E-state index contributed by atoms with van der Waals surface area (Å²) in [6.45, 7) is 2.01. The minimum atomic E-state index is 0.0710. The highest BCUT2D eigenvalue weighted by molar-refractivity contribution is 7.09. The van der Waals surface area contributed by atoms with Crippen molar-refractivity contribution in [1.82, 2.24) is 9.97 Å². The molecule has 2 rings (SSSR count). The van der Waals surface area contributed by atoms with E-state index in [0.29, 0.717) is 5.88 Å². The van der Waals surface area contributed by atoms with Crippen molar-refractivity contribution in [3.8, 4) is 5.88 Å². The van der Waals surface area contributed by atoms with Gasteiger partial charge in [-0.1, -0.05) is 6.07 Å². The van der Waals surface area contributed by atoms with Gasteiger partial charge >= 0.3 is 0 Å². The number of nitrogens with two attached hydrogens (primary N) is 1. The van der Waals surface area contributed by atoms with Crippen LogP contribution >= 0.6 is 11.3 Å². The standard InChI is InChI=1S/C13H17N3OS/c1-9-16-12(8-18-9)6-11(14)5-10-3-4-13(17-2)15-7-10/h3-4,7-8,11H,5-6,14H2,1-2H3. The Morgan fingerprint density at radius 2 is 2.22 bits per heavy atom. The molecule has 0 saturated heterocycles. The van der Waals surface area contributed by atoms with Gasteiger partial charge in [-0.25, -0.2) is 9.97 Å². The Balaban J connectivity index is 1.91. The van der Waals surface area contributed by atoms with Gasteiger partial charge in [-0.05, 0) is 18.9 Å². The summed E-state index contributed by atoms with van der Waals surface area (Å²) in [6.07, 6.45) is 3.41. The van der Waals surface area contributed by atoms with Gasteiger partial charge in [-0.2, -0.15) is 0 Å². The van der Waals surface area contributed by atoms with Gasteiger partial charge in [0.15, 0.2) is 0 Å². The first-order valence-electron chi connectivity index (χ1n) is 5.83. The first-order valence-corrected chi connectivity index (χ1v) is 6.71. The molecule has 2 aromatic rings. The Hall–Kier alpha value is -1.46. The smallest absolute Gasteiger partial charge is 0.212 e. The predicted molar refractivity (Wildman–Crippen MR) is 73.0 cm³/mol. The molecule has 0 fully saturated rings. The van der Waals surface area contributed by atoms with Crippen molar-refractivity contribution in [2.45, 2.75) is 25.8 Å². The number of thiazole rings is 1. The van der Waals surface area contributed by atoms with E-state index in [1.54, 1.807) is 18.4 Å². The minimum Gasteiger partial charge on any atom is -0.481 e. The van der Waals surface area contributed by atoms with Crippen LogP contribution in [0.4, 0.5) is 0 Å². The number of rotatable bonds is 5. The van der Waals surface area contributed by atoms with Crippen LogP contribution in [0.5, 0.6) is 5.88 Å². The molecule has 5 heteroatoms. The number of hydrogen-bond donors (Lipinski definition) is 1. The SMILES string of the molecule is COc1ccc(CC(N)Cc2csc(C)n2)cn1. The highest BCUT2D eigenvalue weighted by atomic mass is 32.1. The third kappa shape index (κ3) is 3.51. The van der Waals surface area contributed by atoms with Crippen LogP contribution in [-0.2, 0) is 12.8 Å². The summed E-state index contributed by atoms with van der Waals surface area (Å²) in [4.78, 5) is 8.59. The van der Waals surface area contributed by atoms with Gasteiger partial charge in [0.2, 0.25) is 5.88 Å². The summed E-state index contributed by atoms with van der Waals surface area (Å²) in [5.41, 5.74) is 8.32. The van der Waals surface area contributed by atoms with Crippen LogP contribution in [0.3, 0.4) is 0 Å². The summed E-state index contributed by atoms with van der Waals surface area (Å²) >= 11 is 1.66. The number of aryl methyl sites for hydroxylation is 1. The lowest BCUT2D eigenvalue weighted by Gasteiger charge is -2.10. The van der Waals surface area contributed by atoms with Gasteiger partial charge in [0.25, 0.3) is 0 Å². The highest BCUT2D eigenvalue weighted by Gasteiger charge is 2.08. The maximum atomic E-state index is 6.12. The van der Waals surface area contributed by atoms with Crippen LogP contribution in [0.1, 0.15) is 16.3 Å². The molecule has 0 aliphatic heterocycles. The Morgan fingerprint density at radius 1 is 1.39 bits per heavy atom. The van der Waals surface area contributed by atoms with E-state index in [1.807, 2.05) is 25.3 Å². The van der Waals surface area contributed by atoms with Crippen molar-refractivity contribution in [3.63, 3.8) is 0 Å². The molecule has 4 nitrogen and oxygen atoms in total. The van der Waals surface area contributed by atoms with E-state index >= 15 is 0 Å². The van der Waals surface area contributed by atoms with Crippen molar-refractivity contribution in [2.75, 3.05) is 7.11 Å². The van der Waals surface area contributed by atoms with Crippen molar-refractivity contribution in [2.24, 2.45) is 5.73 Å². The number of methoxy groups -OCH3 is 1. The molecule has 2 heterocycles. The van der Waals surface area contributed by atoms with Crippen LogP contribution in [-0.4, -0.2) is 23.1 Å². The molecule has 96 valence electrons. The van der Waals surface area contributed by atoms with Crippen LogP contribution in [0.2, 0.25) is 0 Å². The van der Waals surface area contributed by atoms with E-state index in [2.05, 4.69) is 15.3 Å². The normalized spacial score (nSPS) is 12.4. The average Bonchev–Trinajstić information content (AvgIpc) is 2.75. The summed E-state index contributed by atoms with van der Waals surface area (Å²) in [5, 5.41) is 3.16. The molecule has 2 N–H and O–H groups in total. The first kappa shape index (κ1) is 13.0. The molecular weight excluding hydrogens is 246 g/mol. The van der Waals surface area contributed by atoms with E-state index in [9.17, 15) is 0 Å². The molecule has 0 radical (unpaired) electrons. The van der Waals surface area contributed by atoms with Crippen LogP contribution < -0.4 is 10.5 Å². The van der Waals surface area contributed by atoms with Gasteiger partial charge in [-0.3, -0.25) is 0 Å². The minimum absolute atomic E-state index is 0.0710. The number of nitrogens with zero attached hydrogens (tertiary/aromatic N) is 2. The topological polar surface area (TPSA) is 61.0 Å². The Morgan fingerprint density at radius 3 is 2.78 bits per heavy atom. The van der Waals surface area contributed by atoms with Crippen LogP contribution in [0.15, 0.2) is 23.7 Å². The molecule has 0 bridgehead atoms. The first-order chi connectivity index (χ1) is 8.67. The average molecular weight is 263 g/mol. The Labute approximate surface area is 111 Å². The second kappa shape index (κ2) is 5.93. The highest BCUT2D eigenvalue weighted by Crippen LogP contribution is 2.12. The second-order valence-electron chi connectivity index (χ2n) is 4.23. The molecule has 18 heavy (non-hydrogen) atoms. The van der Waals surface area contributed by atoms with Crippen molar-refractivity contribution in [3.05, 3.63) is 40.0 Å². The zero-order chi connectivity index (χ0) is 13.0. The van der Waals surface area contributed by atoms with Crippen molar-refractivity contribution in [1.29, 1.82) is 0 Å². The number of aromatic nitrogens is 2. The van der Waals surface area contributed by atoms with Gasteiger partial charge < -0.3 is 10.5 Å². The van der Waals surface area contributed by atoms with Gasteiger partial charge in [0.1, 0.15) is 0 Å². The van der Waals surface area contributed by atoms with Crippen molar-refractivity contribution >= 4 is 11.3 Å². The zero-order valence-corrected chi connectivity index (χ0v) is 11.4. The second-order valence-corrected chi connectivity index (χ2v) is 5.30. The number of ether oxygens (including phenoxy) is 1. The molecule has 0 aliphatic rings. The molecule has 0 amide bonds. The quantitative estimate of drug-likeness (QED) is 0.896. The van der Waals surface area contributed by atoms with Crippen molar-refractivity contribution < 1.29 is 4.74 Å². The van der Waals surface area contributed by atoms with E-state index < -0.39 is 0 Å². The van der Waals surface area contributed by atoms with E-state index in [4.69, 9.17) is 10.5 Å². The summed E-state index contributed by atoms with van der Waals surface area (Å²) in [5.74, 6) is 0.627. The number of hydrogen-bond acceptors (Lipinski definition) is 5. The molecule has 0 aromatic carbocycles. The number of pyridine rings is 1. The molecule has 0 spiro atoms. The van der Waals surface area contributed by atoms with Crippen LogP contribution in [0.25, 0.3) is 0 Å². The molecule has 0 aliphatic carbocycles. The zero-order valence-electron chi connectivity index (χ0n) is 10.6. The monoisotopic (exact) mass is 263 g/mol. The maximum Gasteiger partial charge on any atom is 0.212 e. The predicted octanol–water partition coefficient (Wildman–Crippen LogP) is 1.97. The fourth-order valence-corrected chi connectivity index (χ4v) is 2.42. The lowest BCUT2D eigenvalue weighted by atomic mass is 10.0. The fourth-order valence-electron chi connectivity index (χ4n) is 1.80. The molecule has 2 aromatic heterocycles. The Kier molecular flexibility index (Phi) is 4.28. The third-order valence-corrected chi connectivity index (χ3v) is 3.46. The molecule has 1 atom stereocenters. The molecular formula is C13H17N3OS. The van der Waals surface area contributed by atoms with Gasteiger partial charge in [0, 0.05) is 30.1 Å². The lowest BCUT2D eigenvalue weighted by molar-refractivity contribution is 0.397. The summed E-state index contributed by atoms with van der Waals surface area (Å²) < 4.78 is 5.02. The third-order valence-electron chi connectivity index (χ3n) is 2.64. The fraction of sp³-hybridized carbons (Fsp3) is 0.385. The molecule has 0 saturated carbocycles. The van der Waals surface area contributed by atoms with Gasteiger partial charge in [-0.15, -0.1) is 11.3 Å².